The van der Waals surface area contributed by atoms with E-state index in [1.807, 2.05) is 60.7 Å². The molecule has 30 heavy (non-hydrogen) atoms. The SMILES string of the molecule is CN=C(c1ccccc1Cl)c1ccccc1SC1=CC=C(C(=O)N(C)OC)C=CC1. The van der Waals surface area contributed by atoms with E-state index < -0.39 is 0 Å². The molecular weight excluding hydrogens is 416 g/mol. The average molecular weight is 439 g/mol. The summed E-state index contributed by atoms with van der Waals surface area (Å²) in [5, 5.41) is 1.88. The quantitative estimate of drug-likeness (QED) is 0.429. The minimum Gasteiger partial charge on any atom is -0.287 e. The Hall–Kier alpha value is -2.60. The molecule has 1 aliphatic rings. The largest absolute Gasteiger partial charge is 0.287 e. The number of aliphatic imine (C=N–C) groups is 1. The van der Waals surface area contributed by atoms with Gasteiger partial charge in [-0.1, -0.05) is 78.0 Å². The number of carbonyl (C=O) groups excluding carboxylic acids is 1. The third-order valence-corrected chi connectivity index (χ3v) is 6.08. The Morgan fingerprint density at radius 3 is 2.50 bits per heavy atom. The third-order valence-electron chi connectivity index (χ3n) is 4.61. The van der Waals surface area contributed by atoms with Gasteiger partial charge in [0.25, 0.3) is 5.91 Å². The highest BCUT2D eigenvalue weighted by Crippen LogP contribution is 2.35. The van der Waals surface area contributed by atoms with E-state index in [9.17, 15) is 4.79 Å². The van der Waals surface area contributed by atoms with E-state index in [1.54, 1.807) is 25.9 Å². The van der Waals surface area contributed by atoms with Crippen LogP contribution >= 0.6 is 23.4 Å². The first-order valence-corrected chi connectivity index (χ1v) is 10.6. The van der Waals surface area contributed by atoms with E-state index >= 15 is 0 Å². The standard InChI is InChI=1S/C24H23ClN2O2S/c1-26-23(19-11-4-6-13-21(19)25)20-12-5-7-14-22(20)30-18-10-8-9-17(15-16-18)24(28)27(2)29-3/h4-9,11-16H,10H2,1-3H3. The van der Waals surface area contributed by atoms with Gasteiger partial charge in [0.1, 0.15) is 0 Å². The van der Waals surface area contributed by atoms with Crippen LogP contribution in [0, 0.1) is 0 Å². The first-order valence-electron chi connectivity index (χ1n) is 9.43. The van der Waals surface area contributed by atoms with Crippen LogP contribution in [-0.2, 0) is 9.63 Å². The number of hydroxylamine groups is 2. The van der Waals surface area contributed by atoms with Crippen molar-refractivity contribution in [3.8, 4) is 0 Å². The molecule has 0 heterocycles. The van der Waals surface area contributed by atoms with Crippen molar-refractivity contribution in [1.29, 1.82) is 0 Å². The smallest absolute Gasteiger partial charge is 0.277 e. The Bertz CT molecular complexity index is 1060. The molecule has 2 aromatic carbocycles. The van der Waals surface area contributed by atoms with Gasteiger partial charge in [-0.05, 0) is 29.5 Å². The van der Waals surface area contributed by atoms with Gasteiger partial charge in [0.2, 0.25) is 0 Å². The van der Waals surface area contributed by atoms with Crippen LogP contribution < -0.4 is 0 Å². The number of hydrogen-bond acceptors (Lipinski definition) is 4. The lowest BCUT2D eigenvalue weighted by molar-refractivity contribution is -0.163. The van der Waals surface area contributed by atoms with Crippen LogP contribution in [0.5, 0.6) is 0 Å². The van der Waals surface area contributed by atoms with Crippen molar-refractivity contribution in [2.45, 2.75) is 11.3 Å². The molecule has 6 heteroatoms. The summed E-state index contributed by atoms with van der Waals surface area (Å²) in [6.45, 7) is 0. The van der Waals surface area contributed by atoms with Crippen molar-refractivity contribution in [1.82, 2.24) is 5.06 Å². The van der Waals surface area contributed by atoms with Gasteiger partial charge in [0.15, 0.2) is 0 Å². The molecule has 4 nitrogen and oxygen atoms in total. The maximum absolute atomic E-state index is 12.3. The molecule has 0 saturated carbocycles. The van der Waals surface area contributed by atoms with E-state index in [2.05, 4.69) is 17.1 Å². The van der Waals surface area contributed by atoms with Crippen LogP contribution in [0.15, 0.2) is 93.2 Å². The molecule has 154 valence electrons. The summed E-state index contributed by atoms with van der Waals surface area (Å²) >= 11 is 8.10. The molecule has 0 atom stereocenters. The fourth-order valence-electron chi connectivity index (χ4n) is 3.02. The fourth-order valence-corrected chi connectivity index (χ4v) is 4.27. The first-order chi connectivity index (χ1) is 14.5. The van der Waals surface area contributed by atoms with Crippen LogP contribution in [0.2, 0.25) is 5.02 Å². The van der Waals surface area contributed by atoms with Crippen LogP contribution in [-0.4, -0.2) is 37.9 Å². The molecule has 1 aliphatic carbocycles. The lowest BCUT2D eigenvalue weighted by Gasteiger charge is -2.14. The van der Waals surface area contributed by atoms with Gasteiger partial charge in [0, 0.05) is 40.7 Å². The number of rotatable bonds is 6. The summed E-state index contributed by atoms with van der Waals surface area (Å²) in [5.74, 6) is -0.184. The minimum absolute atomic E-state index is 0.184. The first kappa shape index (κ1) is 22.1. The summed E-state index contributed by atoms with van der Waals surface area (Å²) in [4.78, 5) is 24.1. The van der Waals surface area contributed by atoms with Crippen LogP contribution in [0.25, 0.3) is 0 Å². The van der Waals surface area contributed by atoms with Crippen molar-refractivity contribution >= 4 is 35.0 Å². The number of benzene rings is 2. The zero-order chi connectivity index (χ0) is 21.5. The minimum atomic E-state index is -0.184. The van der Waals surface area contributed by atoms with Crippen molar-refractivity contribution < 1.29 is 9.63 Å². The van der Waals surface area contributed by atoms with Crippen molar-refractivity contribution in [2.24, 2.45) is 4.99 Å². The third kappa shape index (κ3) is 5.11. The lowest BCUT2D eigenvalue weighted by Crippen LogP contribution is -2.26. The van der Waals surface area contributed by atoms with Gasteiger partial charge in [-0.3, -0.25) is 14.6 Å². The molecule has 0 N–H and O–H groups in total. The Kier molecular flexibility index (Phi) is 7.69. The average Bonchev–Trinajstić information content (AvgIpc) is 3.01. The van der Waals surface area contributed by atoms with Gasteiger partial charge in [-0.2, -0.15) is 0 Å². The normalized spacial score (nSPS) is 14.1. The van der Waals surface area contributed by atoms with E-state index in [1.165, 1.54) is 12.2 Å². The molecule has 0 radical (unpaired) electrons. The monoisotopic (exact) mass is 438 g/mol. The number of halogens is 1. The number of nitrogens with zero attached hydrogens (tertiary/aromatic N) is 2. The molecule has 0 aromatic heterocycles. The van der Waals surface area contributed by atoms with Gasteiger partial charge in [0.05, 0.1) is 12.8 Å². The van der Waals surface area contributed by atoms with Gasteiger partial charge >= 0.3 is 0 Å². The zero-order valence-corrected chi connectivity index (χ0v) is 18.7. The summed E-state index contributed by atoms with van der Waals surface area (Å²) < 4.78 is 0. The van der Waals surface area contributed by atoms with Gasteiger partial charge in [-0.25, -0.2) is 5.06 Å². The molecule has 0 unspecified atom stereocenters. The Morgan fingerprint density at radius 1 is 1.10 bits per heavy atom. The van der Waals surface area contributed by atoms with Crippen molar-refractivity contribution in [2.75, 3.05) is 21.2 Å². The van der Waals surface area contributed by atoms with Gasteiger partial charge in [-0.15, -0.1) is 0 Å². The predicted molar refractivity (Wildman–Crippen MR) is 125 cm³/mol. The topological polar surface area (TPSA) is 41.9 Å². The molecule has 2 aromatic rings. The molecular formula is C24H23ClN2O2S. The second-order valence-corrected chi connectivity index (χ2v) is 8.07. The highest BCUT2D eigenvalue weighted by atomic mass is 35.5. The molecule has 0 saturated heterocycles. The van der Waals surface area contributed by atoms with Crippen molar-refractivity contribution in [3.05, 3.63) is 99.5 Å². The predicted octanol–water partition coefficient (Wildman–Crippen LogP) is 5.69. The number of carbonyl (C=O) groups is 1. The number of hydrogen-bond donors (Lipinski definition) is 0. The summed E-state index contributed by atoms with van der Waals surface area (Å²) in [5.41, 5.74) is 3.35. The Morgan fingerprint density at radius 2 is 1.80 bits per heavy atom. The van der Waals surface area contributed by atoms with E-state index in [4.69, 9.17) is 16.4 Å². The highest BCUT2D eigenvalue weighted by molar-refractivity contribution is 8.03. The second-order valence-electron chi connectivity index (χ2n) is 6.50. The number of amides is 1. The Labute approximate surface area is 186 Å². The molecule has 0 bridgehead atoms. The van der Waals surface area contributed by atoms with Gasteiger partial charge < -0.3 is 0 Å². The van der Waals surface area contributed by atoms with Crippen LogP contribution in [0.3, 0.4) is 0 Å². The maximum atomic E-state index is 12.3. The fraction of sp³-hybridized carbons (Fsp3) is 0.167. The second kappa shape index (κ2) is 10.4. The zero-order valence-electron chi connectivity index (χ0n) is 17.1. The van der Waals surface area contributed by atoms with E-state index in [0.29, 0.717) is 10.6 Å². The summed E-state index contributed by atoms with van der Waals surface area (Å²) in [6.07, 6.45) is 8.36. The number of thioether (sulfide) groups is 1. The number of likely N-dealkylation sites (N-methyl/N-ethyl adjacent to an activating group) is 1. The van der Waals surface area contributed by atoms with Crippen molar-refractivity contribution in [3.63, 3.8) is 0 Å². The molecule has 0 fully saturated rings. The molecule has 0 aliphatic heterocycles. The maximum Gasteiger partial charge on any atom is 0.277 e. The van der Waals surface area contributed by atoms with Crippen LogP contribution in [0.1, 0.15) is 17.5 Å². The Balaban J connectivity index is 1.91. The lowest BCUT2D eigenvalue weighted by atomic mass is 10.0. The summed E-state index contributed by atoms with van der Waals surface area (Å²) in [7, 11) is 4.84. The molecule has 0 spiro atoms. The van der Waals surface area contributed by atoms with E-state index in [-0.39, 0.29) is 5.91 Å². The summed E-state index contributed by atoms with van der Waals surface area (Å²) in [6, 6.07) is 15.9. The van der Waals surface area contributed by atoms with Crippen LogP contribution in [0.4, 0.5) is 0 Å². The number of allylic oxidation sites excluding steroid dienone is 4. The molecule has 1 amide bonds. The van der Waals surface area contributed by atoms with E-state index in [0.717, 1.165) is 33.1 Å². The highest BCUT2D eigenvalue weighted by Gasteiger charge is 2.16. The molecule has 3 rings (SSSR count).